The third kappa shape index (κ3) is 3.07. The normalized spacial score (nSPS) is 15.6. The molecule has 0 aliphatic heterocycles. The maximum Gasteiger partial charge on any atom is 0.317 e. The molecule has 1 aromatic rings. The molecule has 0 aromatic heterocycles. The number of halogens is 2. The van der Waals surface area contributed by atoms with E-state index in [-0.39, 0.29) is 12.0 Å². The number of carbonyl (C=O) groups is 1. The quantitative estimate of drug-likeness (QED) is 0.816. The van der Waals surface area contributed by atoms with Crippen LogP contribution in [0.3, 0.4) is 0 Å². The number of alkyl halides is 2. The Kier molecular flexibility index (Phi) is 5.44. The fourth-order valence-electron chi connectivity index (χ4n) is 2.12. The molecule has 1 N–H and O–H groups in total. The number of aliphatic hydroxyl groups is 1. The lowest BCUT2D eigenvalue weighted by Crippen LogP contribution is -2.44. The minimum atomic E-state index is -3.03. The van der Waals surface area contributed by atoms with Crippen LogP contribution in [-0.4, -0.2) is 31.7 Å². The summed E-state index contributed by atoms with van der Waals surface area (Å²) in [5.41, 5.74) is -1.77. The molecule has 4 nitrogen and oxygen atoms in total. The fourth-order valence-corrected chi connectivity index (χ4v) is 2.12. The first-order valence-corrected chi connectivity index (χ1v) is 6.13. The SMILES string of the molecule is CCC(O)(c1ccc(OC)cc1)C(C(=O)OC)C(F)F. The molecule has 0 spiro atoms. The van der Waals surface area contributed by atoms with Crippen LogP contribution in [0.2, 0.25) is 0 Å². The van der Waals surface area contributed by atoms with Crippen molar-refractivity contribution in [3.63, 3.8) is 0 Å². The first kappa shape index (κ1) is 16.4. The van der Waals surface area contributed by atoms with E-state index in [0.29, 0.717) is 5.75 Å². The number of hydrogen-bond acceptors (Lipinski definition) is 4. The van der Waals surface area contributed by atoms with Crippen molar-refractivity contribution < 1.29 is 28.2 Å². The summed E-state index contributed by atoms with van der Waals surface area (Å²) in [6.45, 7) is 1.53. The van der Waals surface area contributed by atoms with Gasteiger partial charge in [-0.05, 0) is 24.1 Å². The lowest BCUT2D eigenvalue weighted by molar-refractivity contribution is -0.170. The zero-order valence-electron chi connectivity index (χ0n) is 11.6. The predicted molar refractivity (Wildman–Crippen MR) is 68.7 cm³/mol. The molecule has 0 fully saturated rings. The Hall–Kier alpha value is -1.69. The van der Waals surface area contributed by atoms with Crippen molar-refractivity contribution in [1.82, 2.24) is 0 Å². The van der Waals surface area contributed by atoms with Gasteiger partial charge in [-0.15, -0.1) is 0 Å². The average molecular weight is 288 g/mol. The van der Waals surface area contributed by atoms with Gasteiger partial charge in [0.05, 0.1) is 14.2 Å². The second kappa shape index (κ2) is 6.65. The van der Waals surface area contributed by atoms with Gasteiger partial charge in [-0.2, -0.15) is 0 Å². The molecular formula is C14H18F2O4. The molecule has 0 heterocycles. The summed E-state index contributed by atoms with van der Waals surface area (Å²) in [5, 5.41) is 10.6. The van der Waals surface area contributed by atoms with E-state index in [1.54, 1.807) is 0 Å². The van der Waals surface area contributed by atoms with E-state index < -0.39 is 23.9 Å². The lowest BCUT2D eigenvalue weighted by atomic mass is 9.79. The molecule has 0 aliphatic carbocycles. The Morgan fingerprint density at radius 1 is 1.30 bits per heavy atom. The van der Waals surface area contributed by atoms with Crippen molar-refractivity contribution in [2.24, 2.45) is 5.92 Å². The molecule has 1 rings (SSSR count). The number of esters is 1. The maximum absolute atomic E-state index is 13.2. The molecule has 0 radical (unpaired) electrons. The van der Waals surface area contributed by atoms with Gasteiger partial charge in [0, 0.05) is 0 Å². The van der Waals surface area contributed by atoms with E-state index in [1.165, 1.54) is 38.3 Å². The van der Waals surface area contributed by atoms with Crippen LogP contribution in [0.25, 0.3) is 0 Å². The highest BCUT2D eigenvalue weighted by Crippen LogP contribution is 2.38. The number of benzene rings is 1. The Labute approximate surface area is 116 Å². The average Bonchev–Trinajstić information content (AvgIpc) is 2.46. The topological polar surface area (TPSA) is 55.8 Å². The van der Waals surface area contributed by atoms with Crippen molar-refractivity contribution in [3.05, 3.63) is 29.8 Å². The Balaban J connectivity index is 3.24. The van der Waals surface area contributed by atoms with E-state index in [0.717, 1.165) is 7.11 Å². The number of ether oxygens (including phenoxy) is 2. The summed E-state index contributed by atoms with van der Waals surface area (Å²) in [5.74, 6) is -2.55. The summed E-state index contributed by atoms with van der Waals surface area (Å²) >= 11 is 0. The standard InChI is InChI=1S/C14H18F2O4/c1-4-14(18,11(12(15)16)13(17)20-3)9-5-7-10(19-2)8-6-9/h5-8,11-12,18H,4H2,1-3H3. The first-order chi connectivity index (χ1) is 9.40. The highest BCUT2D eigenvalue weighted by molar-refractivity contribution is 5.74. The molecule has 0 aliphatic rings. The third-order valence-electron chi connectivity index (χ3n) is 3.35. The van der Waals surface area contributed by atoms with Crippen LogP contribution < -0.4 is 4.74 Å². The largest absolute Gasteiger partial charge is 0.497 e. The minimum Gasteiger partial charge on any atom is -0.497 e. The number of hydrogen-bond donors (Lipinski definition) is 1. The van der Waals surface area contributed by atoms with E-state index in [4.69, 9.17) is 4.74 Å². The van der Waals surface area contributed by atoms with Gasteiger partial charge in [-0.3, -0.25) is 4.79 Å². The molecule has 2 unspecified atom stereocenters. The van der Waals surface area contributed by atoms with E-state index >= 15 is 0 Å². The predicted octanol–water partition coefficient (Wildman–Crippen LogP) is 2.35. The van der Waals surface area contributed by atoms with Crippen molar-refractivity contribution in [2.45, 2.75) is 25.4 Å². The smallest absolute Gasteiger partial charge is 0.317 e. The van der Waals surface area contributed by atoms with Crippen molar-refractivity contribution >= 4 is 5.97 Å². The van der Waals surface area contributed by atoms with Gasteiger partial charge in [0.2, 0.25) is 0 Å². The summed E-state index contributed by atoms with van der Waals surface area (Å²) in [6, 6.07) is 5.99. The van der Waals surface area contributed by atoms with Gasteiger partial charge in [-0.25, -0.2) is 8.78 Å². The van der Waals surface area contributed by atoms with Crippen LogP contribution in [0.5, 0.6) is 5.75 Å². The van der Waals surface area contributed by atoms with Crippen LogP contribution in [-0.2, 0) is 15.1 Å². The van der Waals surface area contributed by atoms with Gasteiger partial charge in [0.15, 0.2) is 5.92 Å². The van der Waals surface area contributed by atoms with Crippen molar-refractivity contribution in [2.75, 3.05) is 14.2 Å². The van der Waals surface area contributed by atoms with E-state index in [1.807, 2.05) is 0 Å². The van der Waals surface area contributed by atoms with Gasteiger partial charge >= 0.3 is 5.97 Å². The zero-order valence-corrected chi connectivity index (χ0v) is 11.6. The third-order valence-corrected chi connectivity index (χ3v) is 3.35. The van der Waals surface area contributed by atoms with Crippen LogP contribution in [0.1, 0.15) is 18.9 Å². The summed E-state index contributed by atoms with van der Waals surface area (Å²) in [6.07, 6.45) is -3.09. The van der Waals surface area contributed by atoms with E-state index in [9.17, 15) is 18.7 Å². The van der Waals surface area contributed by atoms with Crippen LogP contribution in [0, 0.1) is 5.92 Å². The number of carbonyl (C=O) groups excluding carboxylic acids is 1. The molecule has 112 valence electrons. The molecule has 0 saturated carbocycles. The zero-order chi connectivity index (χ0) is 15.3. The molecule has 0 amide bonds. The van der Waals surface area contributed by atoms with Gasteiger partial charge in [0.1, 0.15) is 11.4 Å². The van der Waals surface area contributed by atoms with Crippen molar-refractivity contribution in [1.29, 1.82) is 0 Å². The second-order valence-electron chi connectivity index (χ2n) is 4.34. The maximum atomic E-state index is 13.2. The van der Waals surface area contributed by atoms with Crippen LogP contribution in [0.4, 0.5) is 8.78 Å². The summed E-state index contributed by atoms with van der Waals surface area (Å²) in [7, 11) is 2.49. The molecule has 20 heavy (non-hydrogen) atoms. The molecule has 1 aromatic carbocycles. The number of rotatable bonds is 6. The first-order valence-electron chi connectivity index (χ1n) is 6.13. The Morgan fingerprint density at radius 2 is 1.85 bits per heavy atom. The van der Waals surface area contributed by atoms with Crippen LogP contribution in [0.15, 0.2) is 24.3 Å². The monoisotopic (exact) mass is 288 g/mol. The summed E-state index contributed by atoms with van der Waals surface area (Å²) < 4.78 is 35.7. The van der Waals surface area contributed by atoms with E-state index in [2.05, 4.69) is 4.74 Å². The molecule has 2 atom stereocenters. The van der Waals surface area contributed by atoms with Gasteiger partial charge < -0.3 is 14.6 Å². The molecule has 0 bridgehead atoms. The molecule has 0 saturated heterocycles. The highest BCUT2D eigenvalue weighted by Gasteiger charge is 2.48. The summed E-state index contributed by atoms with van der Waals surface area (Å²) in [4.78, 5) is 11.6. The molecular weight excluding hydrogens is 270 g/mol. The van der Waals surface area contributed by atoms with Crippen molar-refractivity contribution in [3.8, 4) is 5.75 Å². The molecule has 6 heteroatoms. The Morgan fingerprint density at radius 3 is 2.20 bits per heavy atom. The van der Waals surface area contributed by atoms with Gasteiger partial charge in [0.25, 0.3) is 6.43 Å². The van der Waals surface area contributed by atoms with Crippen LogP contribution >= 0.6 is 0 Å². The Bertz CT molecular complexity index is 447. The minimum absolute atomic E-state index is 0.0521. The highest BCUT2D eigenvalue weighted by atomic mass is 19.3. The lowest BCUT2D eigenvalue weighted by Gasteiger charge is -2.33. The number of methoxy groups -OCH3 is 2. The fraction of sp³-hybridized carbons (Fsp3) is 0.500. The second-order valence-corrected chi connectivity index (χ2v) is 4.34. The van der Waals surface area contributed by atoms with Gasteiger partial charge in [-0.1, -0.05) is 19.1 Å².